The van der Waals surface area contributed by atoms with E-state index in [4.69, 9.17) is 14.5 Å². The summed E-state index contributed by atoms with van der Waals surface area (Å²) in [6.07, 6.45) is 3.12. The molecule has 0 N–H and O–H groups in total. The summed E-state index contributed by atoms with van der Waals surface area (Å²) in [5.74, 6) is 0.528. The Morgan fingerprint density at radius 2 is 1.45 bits per heavy atom. The van der Waals surface area contributed by atoms with Crippen LogP contribution in [0.5, 0.6) is 5.75 Å². The maximum absolute atomic E-state index is 12.4. The zero-order valence-corrected chi connectivity index (χ0v) is 18.6. The van der Waals surface area contributed by atoms with Crippen LogP contribution in [-0.4, -0.2) is 35.9 Å². The molecule has 0 atom stereocenters. The monoisotopic (exact) mass is 437 g/mol. The van der Waals surface area contributed by atoms with Gasteiger partial charge in [0, 0.05) is 34.1 Å². The summed E-state index contributed by atoms with van der Waals surface area (Å²) in [5, 5.41) is 0. The van der Waals surface area contributed by atoms with Crippen LogP contribution < -0.4 is 4.74 Å². The van der Waals surface area contributed by atoms with Gasteiger partial charge in [0.25, 0.3) is 0 Å². The minimum atomic E-state index is -0.476. The van der Waals surface area contributed by atoms with Gasteiger partial charge in [0.05, 0.1) is 31.7 Å². The molecule has 6 nitrogen and oxygen atoms in total. The van der Waals surface area contributed by atoms with Crippen molar-refractivity contribution >= 4 is 17.5 Å². The van der Waals surface area contributed by atoms with Gasteiger partial charge in [0.2, 0.25) is 0 Å². The molecular weight excluding hydrogens is 414 g/mol. The molecule has 0 spiro atoms. The van der Waals surface area contributed by atoms with Gasteiger partial charge < -0.3 is 9.47 Å². The molecule has 0 aliphatic carbocycles. The molecule has 0 saturated heterocycles. The number of carbonyl (C=O) groups is 1. The Bertz CT molecular complexity index is 1260. The lowest BCUT2D eigenvalue weighted by molar-refractivity contribution is 0.0601. The van der Waals surface area contributed by atoms with Gasteiger partial charge in [-0.2, -0.15) is 0 Å². The molecule has 0 aliphatic heterocycles. The first-order chi connectivity index (χ1) is 16.1. The highest BCUT2D eigenvalue weighted by molar-refractivity contribution is 6.13. The maximum Gasteiger partial charge on any atom is 0.340 e. The van der Waals surface area contributed by atoms with E-state index in [-0.39, 0.29) is 0 Å². The maximum atomic E-state index is 12.4. The number of aryl methyl sites for hydroxylation is 1. The van der Waals surface area contributed by atoms with Crippen molar-refractivity contribution in [2.24, 2.45) is 4.99 Å². The third-order valence-electron chi connectivity index (χ3n) is 5.13. The van der Waals surface area contributed by atoms with Crippen molar-refractivity contribution in [1.82, 2.24) is 9.97 Å². The number of hydrogen-bond donors (Lipinski definition) is 0. The Balaban J connectivity index is 1.91. The van der Waals surface area contributed by atoms with Crippen LogP contribution in [0.1, 0.15) is 27.2 Å². The molecule has 0 unspecified atom stereocenters. The van der Waals surface area contributed by atoms with Crippen molar-refractivity contribution in [2.75, 3.05) is 14.2 Å². The number of pyridine rings is 2. The fourth-order valence-corrected chi connectivity index (χ4v) is 3.52. The molecular formula is C27H23N3O3. The second-order valence-corrected chi connectivity index (χ2v) is 7.30. The number of nitrogens with zero attached hydrogens (tertiary/aromatic N) is 3. The van der Waals surface area contributed by atoms with Crippen molar-refractivity contribution in [2.45, 2.75) is 6.92 Å². The molecule has 0 aliphatic rings. The number of carbonyl (C=O) groups excluding carboxylic acids is 1. The van der Waals surface area contributed by atoms with E-state index in [2.05, 4.69) is 9.97 Å². The van der Waals surface area contributed by atoms with Crippen LogP contribution in [0.3, 0.4) is 0 Å². The molecule has 0 saturated carbocycles. The van der Waals surface area contributed by atoms with E-state index in [0.717, 1.165) is 22.5 Å². The summed E-state index contributed by atoms with van der Waals surface area (Å²) in [7, 11) is 2.91. The Kier molecular flexibility index (Phi) is 6.55. The number of esters is 1. The molecule has 0 bridgehead atoms. The van der Waals surface area contributed by atoms with Crippen LogP contribution in [0.25, 0.3) is 11.1 Å². The number of aromatic nitrogens is 2. The third kappa shape index (κ3) is 4.80. The van der Waals surface area contributed by atoms with Crippen LogP contribution in [0.15, 0.2) is 90.2 Å². The molecule has 164 valence electrons. The molecule has 6 heteroatoms. The average molecular weight is 437 g/mol. The standard InChI is InChI=1S/C27H23N3O3/c1-18-14-21(23(16-28-18)27(31)33-3)22-15-25(29-17-24(22)32-2)30-26(19-10-6-4-7-11-19)20-12-8-5-9-13-20/h4-17H,1-3H3. The summed E-state index contributed by atoms with van der Waals surface area (Å²) in [6, 6.07) is 23.5. The molecule has 4 rings (SSSR count). The second kappa shape index (κ2) is 9.87. The van der Waals surface area contributed by atoms with E-state index in [1.165, 1.54) is 13.3 Å². The minimum absolute atomic E-state index is 0.342. The highest BCUT2D eigenvalue weighted by Gasteiger charge is 2.19. The van der Waals surface area contributed by atoms with Crippen LogP contribution >= 0.6 is 0 Å². The molecule has 4 aromatic rings. The van der Waals surface area contributed by atoms with E-state index in [9.17, 15) is 4.79 Å². The minimum Gasteiger partial charge on any atom is -0.494 e. The Labute approximate surface area is 192 Å². The molecule has 2 aromatic carbocycles. The van der Waals surface area contributed by atoms with Crippen molar-refractivity contribution in [1.29, 1.82) is 0 Å². The molecule has 2 aromatic heterocycles. The van der Waals surface area contributed by atoms with Crippen molar-refractivity contribution in [3.63, 3.8) is 0 Å². The third-order valence-corrected chi connectivity index (χ3v) is 5.13. The van der Waals surface area contributed by atoms with E-state index >= 15 is 0 Å². The number of methoxy groups -OCH3 is 2. The molecule has 0 amide bonds. The van der Waals surface area contributed by atoms with Crippen LogP contribution in [0, 0.1) is 6.92 Å². The first-order valence-corrected chi connectivity index (χ1v) is 10.4. The lowest BCUT2D eigenvalue weighted by Gasteiger charge is -2.13. The van der Waals surface area contributed by atoms with E-state index in [1.807, 2.05) is 79.7 Å². The van der Waals surface area contributed by atoms with Crippen LogP contribution in [0.4, 0.5) is 5.82 Å². The summed E-state index contributed by atoms with van der Waals surface area (Å²) >= 11 is 0. The van der Waals surface area contributed by atoms with Gasteiger partial charge in [-0.05, 0) is 19.1 Å². The normalized spacial score (nSPS) is 10.4. The largest absolute Gasteiger partial charge is 0.494 e. The summed E-state index contributed by atoms with van der Waals surface area (Å²) in [6.45, 7) is 1.86. The van der Waals surface area contributed by atoms with Crippen LogP contribution in [-0.2, 0) is 4.74 Å². The van der Waals surface area contributed by atoms with Crippen LogP contribution in [0.2, 0.25) is 0 Å². The van der Waals surface area contributed by atoms with Gasteiger partial charge in [0.15, 0.2) is 5.82 Å². The van der Waals surface area contributed by atoms with Crippen molar-refractivity contribution < 1.29 is 14.3 Å². The second-order valence-electron chi connectivity index (χ2n) is 7.30. The van der Waals surface area contributed by atoms with Gasteiger partial charge in [-0.15, -0.1) is 0 Å². The lowest BCUT2D eigenvalue weighted by atomic mass is 10.00. The Morgan fingerprint density at radius 3 is 2.03 bits per heavy atom. The number of rotatable bonds is 6. The fraction of sp³-hybridized carbons (Fsp3) is 0.111. The first kappa shape index (κ1) is 21.9. The van der Waals surface area contributed by atoms with Gasteiger partial charge in [-0.25, -0.2) is 14.8 Å². The first-order valence-electron chi connectivity index (χ1n) is 10.4. The number of aliphatic imine (C=N–C) groups is 1. The van der Waals surface area contributed by atoms with E-state index in [1.54, 1.807) is 13.3 Å². The van der Waals surface area contributed by atoms with Gasteiger partial charge in [-0.3, -0.25) is 4.98 Å². The zero-order chi connectivity index (χ0) is 23.2. The predicted molar refractivity (Wildman–Crippen MR) is 128 cm³/mol. The molecule has 33 heavy (non-hydrogen) atoms. The lowest BCUT2D eigenvalue weighted by Crippen LogP contribution is -2.06. The van der Waals surface area contributed by atoms with Crippen molar-refractivity contribution in [3.05, 3.63) is 108 Å². The quantitative estimate of drug-likeness (QED) is 0.298. The Hall–Kier alpha value is -4.32. The highest BCUT2D eigenvalue weighted by atomic mass is 16.5. The SMILES string of the molecule is COC(=O)c1cnc(C)cc1-c1cc(N=C(c2ccccc2)c2ccccc2)ncc1OC. The number of ether oxygens (including phenoxy) is 2. The van der Waals surface area contributed by atoms with Gasteiger partial charge in [-0.1, -0.05) is 60.7 Å². The topological polar surface area (TPSA) is 73.7 Å². The van der Waals surface area contributed by atoms with E-state index < -0.39 is 5.97 Å². The van der Waals surface area contributed by atoms with E-state index in [0.29, 0.717) is 28.3 Å². The molecule has 0 radical (unpaired) electrons. The van der Waals surface area contributed by atoms with Crippen molar-refractivity contribution in [3.8, 4) is 16.9 Å². The Morgan fingerprint density at radius 1 is 0.818 bits per heavy atom. The fourth-order valence-electron chi connectivity index (χ4n) is 3.52. The smallest absolute Gasteiger partial charge is 0.340 e. The average Bonchev–Trinajstić information content (AvgIpc) is 2.87. The highest BCUT2D eigenvalue weighted by Crippen LogP contribution is 2.35. The summed E-state index contributed by atoms with van der Waals surface area (Å²) in [5.41, 5.74) is 5.16. The zero-order valence-electron chi connectivity index (χ0n) is 18.6. The van der Waals surface area contributed by atoms with Gasteiger partial charge >= 0.3 is 5.97 Å². The predicted octanol–water partition coefficient (Wildman–Crippen LogP) is 5.42. The molecule has 0 fully saturated rings. The molecule has 2 heterocycles. The number of benzene rings is 2. The number of hydrogen-bond acceptors (Lipinski definition) is 6. The summed E-state index contributed by atoms with van der Waals surface area (Å²) < 4.78 is 10.5. The summed E-state index contributed by atoms with van der Waals surface area (Å²) in [4.78, 5) is 26.1. The van der Waals surface area contributed by atoms with Gasteiger partial charge in [0.1, 0.15) is 5.75 Å².